The average molecular weight is 399 g/mol. The van der Waals surface area contributed by atoms with E-state index in [2.05, 4.69) is 0 Å². The largest absolute Gasteiger partial charge is 0.503 e. The molecule has 1 atom stereocenters. The molecule has 5 nitrogen and oxygen atoms in total. The van der Waals surface area contributed by atoms with Crippen LogP contribution >= 0.6 is 11.3 Å². The molecule has 0 saturated carbocycles. The number of hydrogen-bond donors (Lipinski definition) is 1. The van der Waals surface area contributed by atoms with Gasteiger partial charge in [-0.3, -0.25) is 9.59 Å². The second kappa shape index (κ2) is 8.71. The van der Waals surface area contributed by atoms with Crippen molar-refractivity contribution in [2.45, 2.75) is 25.8 Å². The highest BCUT2D eigenvalue weighted by atomic mass is 32.1. The Hall–Kier alpha value is -2.44. The Kier molecular flexibility index (Phi) is 6.31. The molecule has 1 aliphatic heterocycles. The molecule has 148 valence electrons. The Bertz CT molecular complexity index is 886. The van der Waals surface area contributed by atoms with Crippen LogP contribution in [0.25, 0.3) is 0 Å². The summed E-state index contributed by atoms with van der Waals surface area (Å²) in [5, 5.41) is 12.5. The maximum absolute atomic E-state index is 13.1. The molecule has 1 amide bonds. The van der Waals surface area contributed by atoms with E-state index in [-0.39, 0.29) is 17.8 Å². The predicted molar refractivity (Wildman–Crippen MR) is 111 cm³/mol. The number of carbonyl (C=O) groups is 2. The van der Waals surface area contributed by atoms with Crippen LogP contribution in [0, 0.1) is 6.92 Å². The van der Waals surface area contributed by atoms with Crippen molar-refractivity contribution >= 4 is 23.0 Å². The summed E-state index contributed by atoms with van der Waals surface area (Å²) in [6.45, 7) is 3.08. The molecule has 0 aliphatic carbocycles. The summed E-state index contributed by atoms with van der Waals surface area (Å²) in [7, 11) is 3.87. The van der Waals surface area contributed by atoms with Crippen molar-refractivity contribution in [1.29, 1.82) is 0 Å². The zero-order chi connectivity index (χ0) is 20.3. The van der Waals surface area contributed by atoms with Gasteiger partial charge in [-0.1, -0.05) is 30.3 Å². The van der Waals surface area contributed by atoms with E-state index in [0.717, 1.165) is 16.0 Å². The smallest absolute Gasteiger partial charge is 0.290 e. The molecular formula is C22H26N2O3S. The third-order valence-electron chi connectivity index (χ3n) is 5.03. The first kappa shape index (κ1) is 20.3. The van der Waals surface area contributed by atoms with Crippen LogP contribution in [-0.4, -0.2) is 53.8 Å². The number of likely N-dealkylation sites (N-methyl/N-ethyl adjacent to an activating group) is 1. The van der Waals surface area contributed by atoms with Gasteiger partial charge >= 0.3 is 0 Å². The standard InChI is InChI=1S/C22H26N2O3S/c1-15-11-14-28-21(15)19-18(17(25)10-9-16-7-5-4-6-8-16)20(26)22(27)24(19)13-12-23(2)3/h4-8,11,14,19,26H,9-10,12-13H2,1-3H3. The van der Waals surface area contributed by atoms with Crippen molar-refractivity contribution in [1.82, 2.24) is 9.80 Å². The SMILES string of the molecule is Cc1ccsc1C1C(C(=O)CCc2ccccc2)=C(O)C(=O)N1CCN(C)C. The van der Waals surface area contributed by atoms with E-state index >= 15 is 0 Å². The van der Waals surface area contributed by atoms with Gasteiger partial charge in [-0.05, 0) is 50.0 Å². The molecule has 1 unspecified atom stereocenters. The lowest BCUT2D eigenvalue weighted by Gasteiger charge is -2.27. The Balaban J connectivity index is 1.88. The molecule has 1 N–H and O–H groups in total. The Morgan fingerprint density at radius 3 is 2.54 bits per heavy atom. The average Bonchev–Trinajstić information content (AvgIpc) is 3.20. The van der Waals surface area contributed by atoms with Gasteiger partial charge in [0.2, 0.25) is 0 Å². The molecule has 1 aromatic heterocycles. The molecule has 1 aliphatic rings. The van der Waals surface area contributed by atoms with E-state index in [4.69, 9.17) is 0 Å². The van der Waals surface area contributed by atoms with Gasteiger partial charge in [-0.15, -0.1) is 11.3 Å². The maximum Gasteiger partial charge on any atom is 0.290 e. The molecule has 3 rings (SSSR count). The van der Waals surface area contributed by atoms with E-state index in [1.807, 2.05) is 67.7 Å². The zero-order valence-electron chi connectivity index (χ0n) is 16.5. The highest BCUT2D eigenvalue weighted by Crippen LogP contribution is 2.41. The molecule has 6 heteroatoms. The van der Waals surface area contributed by atoms with Gasteiger partial charge in [0.05, 0.1) is 11.6 Å². The Morgan fingerprint density at radius 2 is 1.93 bits per heavy atom. The number of rotatable bonds is 8. The normalized spacial score (nSPS) is 17.1. The lowest BCUT2D eigenvalue weighted by molar-refractivity contribution is -0.129. The number of carbonyl (C=O) groups excluding carboxylic acids is 2. The summed E-state index contributed by atoms with van der Waals surface area (Å²) < 4.78 is 0. The van der Waals surface area contributed by atoms with Gasteiger partial charge in [0.1, 0.15) is 0 Å². The summed E-state index contributed by atoms with van der Waals surface area (Å²) >= 11 is 1.52. The van der Waals surface area contributed by atoms with Gasteiger partial charge in [0.25, 0.3) is 5.91 Å². The van der Waals surface area contributed by atoms with Gasteiger partial charge in [0, 0.05) is 24.4 Å². The van der Waals surface area contributed by atoms with E-state index in [0.29, 0.717) is 19.5 Å². The monoisotopic (exact) mass is 398 g/mol. The highest BCUT2D eigenvalue weighted by Gasteiger charge is 2.44. The number of amides is 1. The van der Waals surface area contributed by atoms with Crippen LogP contribution < -0.4 is 0 Å². The van der Waals surface area contributed by atoms with E-state index < -0.39 is 17.7 Å². The summed E-state index contributed by atoms with van der Waals surface area (Å²) in [6.07, 6.45) is 0.845. The van der Waals surface area contributed by atoms with Crippen LogP contribution in [0.2, 0.25) is 0 Å². The summed E-state index contributed by atoms with van der Waals surface area (Å²) in [6, 6.07) is 11.3. The van der Waals surface area contributed by atoms with Crippen molar-refractivity contribution in [2.24, 2.45) is 0 Å². The van der Waals surface area contributed by atoms with Crippen LogP contribution in [0.15, 0.2) is 53.1 Å². The third kappa shape index (κ3) is 4.18. The van der Waals surface area contributed by atoms with Gasteiger partial charge < -0.3 is 14.9 Å². The molecule has 2 heterocycles. The maximum atomic E-state index is 13.1. The number of hydrogen-bond acceptors (Lipinski definition) is 5. The number of nitrogens with zero attached hydrogens (tertiary/aromatic N) is 2. The minimum Gasteiger partial charge on any atom is -0.503 e. The molecule has 0 bridgehead atoms. The number of ketones is 1. The topological polar surface area (TPSA) is 60.9 Å². The molecule has 0 radical (unpaired) electrons. The van der Waals surface area contributed by atoms with E-state index in [1.165, 1.54) is 11.3 Å². The van der Waals surface area contributed by atoms with Gasteiger partial charge in [-0.25, -0.2) is 0 Å². The molecule has 0 spiro atoms. The number of thiophene rings is 1. The van der Waals surface area contributed by atoms with Crippen LogP contribution in [0.5, 0.6) is 0 Å². The first-order valence-corrected chi connectivity index (χ1v) is 10.3. The number of aryl methyl sites for hydroxylation is 2. The number of Topliss-reactive ketones (excluding diaryl/α,β-unsaturated/α-hetero) is 1. The van der Waals surface area contributed by atoms with Crippen LogP contribution in [0.3, 0.4) is 0 Å². The lowest BCUT2D eigenvalue weighted by atomic mass is 9.96. The van der Waals surface area contributed by atoms with Crippen molar-refractivity contribution < 1.29 is 14.7 Å². The lowest BCUT2D eigenvalue weighted by Crippen LogP contribution is -2.36. The fraction of sp³-hybridized carbons (Fsp3) is 0.364. The van der Waals surface area contributed by atoms with Gasteiger partial charge in [0.15, 0.2) is 11.5 Å². The summed E-state index contributed by atoms with van der Waals surface area (Å²) in [5.74, 6) is -1.02. The molecular weight excluding hydrogens is 372 g/mol. The molecule has 1 aromatic carbocycles. The molecule has 0 fully saturated rings. The minimum absolute atomic E-state index is 0.167. The number of aliphatic hydroxyl groups excluding tert-OH is 1. The van der Waals surface area contributed by atoms with Crippen molar-refractivity contribution in [3.05, 3.63) is 69.1 Å². The molecule has 0 saturated heterocycles. The highest BCUT2D eigenvalue weighted by molar-refractivity contribution is 7.10. The third-order valence-corrected chi connectivity index (χ3v) is 6.10. The fourth-order valence-electron chi connectivity index (χ4n) is 3.45. The van der Waals surface area contributed by atoms with Crippen LogP contribution in [0.4, 0.5) is 0 Å². The first-order chi connectivity index (χ1) is 13.4. The number of benzene rings is 1. The Morgan fingerprint density at radius 1 is 1.21 bits per heavy atom. The van der Waals surface area contributed by atoms with Crippen LogP contribution in [0.1, 0.15) is 28.5 Å². The van der Waals surface area contributed by atoms with Gasteiger partial charge in [-0.2, -0.15) is 0 Å². The summed E-state index contributed by atoms with van der Waals surface area (Å²) in [5.41, 5.74) is 2.33. The Labute approximate surface area is 169 Å². The predicted octanol–water partition coefficient (Wildman–Crippen LogP) is 3.52. The second-order valence-corrected chi connectivity index (χ2v) is 8.29. The van der Waals surface area contributed by atoms with Crippen molar-refractivity contribution in [3.8, 4) is 0 Å². The second-order valence-electron chi connectivity index (χ2n) is 7.34. The van der Waals surface area contributed by atoms with Crippen molar-refractivity contribution in [3.63, 3.8) is 0 Å². The summed E-state index contributed by atoms with van der Waals surface area (Å²) in [4.78, 5) is 30.4. The zero-order valence-corrected chi connectivity index (χ0v) is 17.3. The molecule has 2 aromatic rings. The van der Waals surface area contributed by atoms with Crippen LogP contribution in [-0.2, 0) is 16.0 Å². The van der Waals surface area contributed by atoms with E-state index in [1.54, 1.807) is 4.90 Å². The quantitative estimate of drug-likeness (QED) is 0.739. The minimum atomic E-state index is -0.504. The van der Waals surface area contributed by atoms with Crippen molar-refractivity contribution in [2.75, 3.05) is 27.2 Å². The fourth-order valence-corrected chi connectivity index (χ4v) is 4.50. The first-order valence-electron chi connectivity index (χ1n) is 9.40. The van der Waals surface area contributed by atoms with E-state index in [9.17, 15) is 14.7 Å². The molecule has 28 heavy (non-hydrogen) atoms. The number of aliphatic hydroxyl groups is 1.